The van der Waals surface area contributed by atoms with E-state index >= 15 is 0 Å². The maximum Gasteiger partial charge on any atom is 0.352 e. The first-order valence-electron chi connectivity index (χ1n) is 7.09. The molecule has 3 N–H and O–H groups in total. The van der Waals surface area contributed by atoms with Gasteiger partial charge in [-0.25, -0.2) is 9.59 Å². The standard InChI is InChI=1S/C17H14N2O6/c1-10(16(20)21)15(17(22)23)18-13-8-7-12(9-14(13)19(24)25)11-5-3-2-4-6-11/h2-9,18H,1H3,(H,20,21)(H,22,23). The van der Waals surface area contributed by atoms with Gasteiger partial charge in [-0.05, 0) is 24.1 Å². The molecule has 0 saturated heterocycles. The molecule has 2 aromatic rings. The molecule has 0 bridgehead atoms. The summed E-state index contributed by atoms with van der Waals surface area (Å²) < 4.78 is 0. The lowest BCUT2D eigenvalue weighted by atomic mass is 10.0. The van der Waals surface area contributed by atoms with Crippen molar-refractivity contribution in [2.75, 3.05) is 5.32 Å². The molecule has 2 rings (SSSR count). The lowest BCUT2D eigenvalue weighted by Gasteiger charge is -2.11. The van der Waals surface area contributed by atoms with Crippen molar-refractivity contribution >= 4 is 23.3 Å². The van der Waals surface area contributed by atoms with Crippen LogP contribution >= 0.6 is 0 Å². The highest BCUT2D eigenvalue weighted by Gasteiger charge is 2.22. The summed E-state index contributed by atoms with van der Waals surface area (Å²) >= 11 is 0. The molecule has 0 aromatic heterocycles. The molecular formula is C17H14N2O6. The van der Waals surface area contributed by atoms with Crippen LogP contribution in [0.5, 0.6) is 0 Å². The van der Waals surface area contributed by atoms with Gasteiger partial charge in [-0.1, -0.05) is 36.4 Å². The maximum absolute atomic E-state index is 11.3. The van der Waals surface area contributed by atoms with Gasteiger partial charge in [0.2, 0.25) is 0 Å². The summed E-state index contributed by atoms with van der Waals surface area (Å²) in [6, 6.07) is 13.2. The number of nitro groups is 1. The van der Waals surface area contributed by atoms with Gasteiger partial charge in [0.05, 0.1) is 10.5 Å². The van der Waals surface area contributed by atoms with Crippen LogP contribution in [0.4, 0.5) is 11.4 Å². The van der Waals surface area contributed by atoms with E-state index < -0.39 is 28.1 Å². The Hall–Kier alpha value is -3.68. The first-order chi connectivity index (χ1) is 11.8. The molecular weight excluding hydrogens is 328 g/mol. The Labute approximate surface area is 142 Å². The third-order valence-corrected chi connectivity index (χ3v) is 3.47. The fraction of sp³-hybridized carbons (Fsp3) is 0.0588. The van der Waals surface area contributed by atoms with Crippen LogP contribution in [0.15, 0.2) is 59.8 Å². The minimum atomic E-state index is -1.53. The Balaban J connectivity index is 2.52. The minimum Gasteiger partial charge on any atom is -0.478 e. The predicted molar refractivity (Wildman–Crippen MR) is 90.1 cm³/mol. The Kier molecular flexibility index (Phi) is 5.13. The largest absolute Gasteiger partial charge is 0.478 e. The van der Waals surface area contributed by atoms with Crippen LogP contribution in [-0.4, -0.2) is 27.1 Å². The molecule has 25 heavy (non-hydrogen) atoms. The van der Waals surface area contributed by atoms with E-state index in [2.05, 4.69) is 5.32 Å². The normalized spacial score (nSPS) is 11.4. The van der Waals surface area contributed by atoms with E-state index in [0.717, 1.165) is 12.5 Å². The summed E-state index contributed by atoms with van der Waals surface area (Å²) in [6.45, 7) is 1.10. The van der Waals surface area contributed by atoms with E-state index in [1.165, 1.54) is 12.1 Å². The zero-order valence-electron chi connectivity index (χ0n) is 13.1. The summed E-state index contributed by atoms with van der Waals surface area (Å²) in [7, 11) is 0. The van der Waals surface area contributed by atoms with E-state index in [4.69, 9.17) is 10.2 Å². The predicted octanol–water partition coefficient (Wildman–Crippen LogP) is 3.12. The number of carbonyl (C=O) groups is 2. The number of hydrogen-bond donors (Lipinski definition) is 3. The van der Waals surface area contributed by atoms with E-state index in [9.17, 15) is 19.7 Å². The van der Waals surface area contributed by atoms with Gasteiger partial charge < -0.3 is 15.5 Å². The van der Waals surface area contributed by atoms with Crippen molar-refractivity contribution in [3.8, 4) is 11.1 Å². The minimum absolute atomic E-state index is 0.109. The van der Waals surface area contributed by atoms with E-state index in [-0.39, 0.29) is 11.4 Å². The van der Waals surface area contributed by atoms with Gasteiger partial charge in [-0.3, -0.25) is 10.1 Å². The summed E-state index contributed by atoms with van der Waals surface area (Å²) in [5, 5.41) is 31.8. The third-order valence-electron chi connectivity index (χ3n) is 3.47. The Bertz CT molecular complexity index is 874. The molecule has 0 aliphatic heterocycles. The molecule has 128 valence electrons. The molecule has 0 aliphatic carbocycles. The summed E-state index contributed by atoms with van der Waals surface area (Å²) in [5.74, 6) is -2.96. The molecule has 8 heteroatoms. The highest BCUT2D eigenvalue weighted by Crippen LogP contribution is 2.31. The second-order valence-electron chi connectivity index (χ2n) is 5.09. The van der Waals surface area contributed by atoms with Gasteiger partial charge >= 0.3 is 11.9 Å². The zero-order valence-corrected chi connectivity index (χ0v) is 13.1. The maximum atomic E-state index is 11.3. The van der Waals surface area contributed by atoms with Crippen LogP contribution in [0.3, 0.4) is 0 Å². The van der Waals surface area contributed by atoms with Gasteiger partial charge in [0.15, 0.2) is 0 Å². The van der Waals surface area contributed by atoms with Crippen molar-refractivity contribution < 1.29 is 24.7 Å². The van der Waals surface area contributed by atoms with Crippen molar-refractivity contribution in [3.05, 3.63) is 69.9 Å². The van der Waals surface area contributed by atoms with Gasteiger partial charge in [-0.15, -0.1) is 0 Å². The molecule has 0 saturated carbocycles. The molecule has 0 unspecified atom stereocenters. The molecule has 0 heterocycles. The fourth-order valence-corrected chi connectivity index (χ4v) is 2.15. The van der Waals surface area contributed by atoms with E-state index in [1.807, 2.05) is 6.07 Å². The average Bonchev–Trinajstić information content (AvgIpc) is 2.59. The highest BCUT2D eigenvalue weighted by atomic mass is 16.6. The first kappa shape index (κ1) is 17.7. The fourth-order valence-electron chi connectivity index (χ4n) is 2.15. The molecule has 0 atom stereocenters. The molecule has 8 nitrogen and oxygen atoms in total. The average molecular weight is 342 g/mol. The van der Waals surface area contributed by atoms with Gasteiger partial charge in [-0.2, -0.15) is 0 Å². The Morgan fingerprint density at radius 3 is 2.16 bits per heavy atom. The first-order valence-corrected chi connectivity index (χ1v) is 7.09. The van der Waals surface area contributed by atoms with Crippen molar-refractivity contribution in [2.45, 2.75) is 6.92 Å². The van der Waals surface area contributed by atoms with Crippen molar-refractivity contribution in [1.29, 1.82) is 0 Å². The number of carboxylic acids is 2. The second kappa shape index (κ2) is 7.26. The summed E-state index contributed by atoms with van der Waals surface area (Å²) in [6.07, 6.45) is 0. The van der Waals surface area contributed by atoms with Gasteiger partial charge in [0, 0.05) is 6.07 Å². The van der Waals surface area contributed by atoms with E-state index in [0.29, 0.717) is 5.56 Å². The number of aliphatic carboxylic acids is 2. The van der Waals surface area contributed by atoms with E-state index in [1.54, 1.807) is 30.3 Å². The Morgan fingerprint density at radius 1 is 1.00 bits per heavy atom. The smallest absolute Gasteiger partial charge is 0.352 e. The van der Waals surface area contributed by atoms with Crippen LogP contribution in [0, 0.1) is 10.1 Å². The summed E-state index contributed by atoms with van der Waals surface area (Å²) in [5.41, 5.74) is -0.237. The monoisotopic (exact) mass is 342 g/mol. The second-order valence-corrected chi connectivity index (χ2v) is 5.09. The highest BCUT2D eigenvalue weighted by molar-refractivity contribution is 6.01. The number of nitrogens with zero attached hydrogens (tertiary/aromatic N) is 1. The molecule has 2 aromatic carbocycles. The van der Waals surface area contributed by atoms with Gasteiger partial charge in [0.1, 0.15) is 11.4 Å². The van der Waals surface area contributed by atoms with Crippen LogP contribution in [-0.2, 0) is 9.59 Å². The SMILES string of the molecule is CC(C(=O)O)=C(Nc1ccc(-c2ccccc2)cc1[N+](=O)[O-])C(=O)O. The van der Waals surface area contributed by atoms with Crippen LogP contribution in [0.25, 0.3) is 11.1 Å². The number of nitro benzene ring substituents is 1. The number of hydrogen-bond acceptors (Lipinski definition) is 5. The van der Waals surface area contributed by atoms with Crippen LogP contribution in [0.1, 0.15) is 6.92 Å². The lowest BCUT2D eigenvalue weighted by molar-refractivity contribution is -0.383. The Morgan fingerprint density at radius 2 is 1.64 bits per heavy atom. The van der Waals surface area contributed by atoms with Crippen molar-refractivity contribution in [2.24, 2.45) is 0 Å². The number of anilines is 1. The quantitative estimate of drug-likeness (QED) is 0.418. The van der Waals surface area contributed by atoms with Crippen LogP contribution in [0.2, 0.25) is 0 Å². The molecule has 0 aliphatic rings. The lowest BCUT2D eigenvalue weighted by Crippen LogP contribution is -2.17. The number of nitrogens with one attached hydrogen (secondary N) is 1. The molecule has 0 spiro atoms. The third kappa shape index (κ3) is 3.99. The molecule has 0 radical (unpaired) electrons. The van der Waals surface area contributed by atoms with Crippen LogP contribution < -0.4 is 5.32 Å². The zero-order chi connectivity index (χ0) is 18.6. The molecule has 0 amide bonds. The molecule has 0 fully saturated rings. The summed E-state index contributed by atoms with van der Waals surface area (Å²) in [4.78, 5) is 32.9. The van der Waals surface area contributed by atoms with Crippen molar-refractivity contribution in [3.63, 3.8) is 0 Å². The topological polar surface area (TPSA) is 130 Å². The van der Waals surface area contributed by atoms with Crippen molar-refractivity contribution in [1.82, 2.24) is 0 Å². The van der Waals surface area contributed by atoms with Gasteiger partial charge in [0.25, 0.3) is 5.69 Å². The number of rotatable bonds is 6. The number of carboxylic acid groups (broad SMARTS) is 2. The number of benzene rings is 2.